The molecule has 3 aromatic rings. The van der Waals surface area contributed by atoms with Crippen LogP contribution in [0.4, 0.5) is 4.39 Å². The Morgan fingerprint density at radius 2 is 1.83 bits per heavy atom. The molecule has 0 saturated carbocycles. The van der Waals surface area contributed by atoms with E-state index in [-0.39, 0.29) is 28.2 Å². The van der Waals surface area contributed by atoms with Crippen LogP contribution >= 0.6 is 0 Å². The molecule has 5 rings (SSSR count). The lowest BCUT2D eigenvalue weighted by Gasteiger charge is -2.29. The number of ether oxygens (including phenoxy) is 2. The maximum absolute atomic E-state index is 13.9. The molecule has 0 bridgehead atoms. The van der Waals surface area contributed by atoms with Gasteiger partial charge in [0.15, 0.2) is 5.43 Å². The SMILES string of the molecule is COC(=O)c1ccc([C@H]2c3c(oc4ccc(F)cc4c3=O)C(=O)N2CCCN2CCOCC2)cc1. The van der Waals surface area contributed by atoms with E-state index in [1.165, 1.54) is 19.2 Å². The Morgan fingerprint density at radius 1 is 1.09 bits per heavy atom. The maximum atomic E-state index is 13.9. The zero-order valence-electron chi connectivity index (χ0n) is 19.3. The molecule has 1 atom stereocenters. The predicted octanol–water partition coefficient (Wildman–Crippen LogP) is 2.99. The van der Waals surface area contributed by atoms with Gasteiger partial charge in [0.2, 0.25) is 5.76 Å². The first-order valence-electron chi connectivity index (χ1n) is 11.5. The number of benzene rings is 2. The van der Waals surface area contributed by atoms with Gasteiger partial charge in [-0.25, -0.2) is 9.18 Å². The topological polar surface area (TPSA) is 89.3 Å². The molecule has 8 nitrogen and oxygen atoms in total. The number of fused-ring (bicyclic) bond motifs is 2. The minimum atomic E-state index is -0.710. The molecule has 0 aliphatic carbocycles. The molecule has 1 aromatic heterocycles. The largest absolute Gasteiger partial charge is 0.465 e. The molecule has 0 unspecified atom stereocenters. The highest BCUT2D eigenvalue weighted by atomic mass is 19.1. The third-order valence-corrected chi connectivity index (χ3v) is 6.55. The molecule has 2 aliphatic heterocycles. The van der Waals surface area contributed by atoms with E-state index in [0.717, 1.165) is 25.7 Å². The number of rotatable bonds is 6. The number of nitrogens with zero attached hydrogens (tertiary/aromatic N) is 2. The van der Waals surface area contributed by atoms with Crippen LogP contribution in [-0.2, 0) is 9.47 Å². The first-order chi connectivity index (χ1) is 17.0. The average molecular weight is 480 g/mol. The molecule has 3 heterocycles. The standard InChI is InChI=1S/C26H25FN2O6/c1-33-26(32)17-5-3-16(4-6-17)22-21-23(30)19-15-18(27)7-8-20(19)35-24(21)25(31)29(22)10-2-9-28-11-13-34-14-12-28/h3-8,15,22H,2,9-14H2,1H3/t22-/m0/s1. The van der Waals surface area contributed by atoms with Crippen molar-refractivity contribution < 1.29 is 27.9 Å². The lowest BCUT2D eigenvalue weighted by Crippen LogP contribution is -2.38. The molecule has 1 amide bonds. The minimum absolute atomic E-state index is 0.0254. The fourth-order valence-electron chi connectivity index (χ4n) is 4.78. The molecule has 182 valence electrons. The van der Waals surface area contributed by atoms with E-state index >= 15 is 0 Å². The molecule has 1 fully saturated rings. The third-order valence-electron chi connectivity index (χ3n) is 6.55. The van der Waals surface area contributed by atoms with Crippen LogP contribution in [0.3, 0.4) is 0 Å². The summed E-state index contributed by atoms with van der Waals surface area (Å²) in [6.07, 6.45) is 0.693. The van der Waals surface area contributed by atoms with Gasteiger partial charge < -0.3 is 18.8 Å². The van der Waals surface area contributed by atoms with Crippen LogP contribution in [0.25, 0.3) is 11.0 Å². The monoisotopic (exact) mass is 480 g/mol. The molecule has 1 saturated heterocycles. The van der Waals surface area contributed by atoms with Crippen molar-refractivity contribution in [2.75, 3.05) is 46.5 Å². The Bertz CT molecular complexity index is 1330. The summed E-state index contributed by atoms with van der Waals surface area (Å²) in [6, 6.07) is 9.56. The third kappa shape index (κ3) is 4.33. The Morgan fingerprint density at radius 3 is 2.54 bits per heavy atom. The van der Waals surface area contributed by atoms with Crippen molar-refractivity contribution in [3.8, 4) is 0 Å². The van der Waals surface area contributed by atoms with Crippen LogP contribution < -0.4 is 5.43 Å². The Hall–Kier alpha value is -3.56. The number of halogens is 1. The van der Waals surface area contributed by atoms with E-state index in [0.29, 0.717) is 37.3 Å². The molecule has 35 heavy (non-hydrogen) atoms. The van der Waals surface area contributed by atoms with Crippen molar-refractivity contribution in [3.63, 3.8) is 0 Å². The second kappa shape index (κ2) is 9.59. The van der Waals surface area contributed by atoms with Crippen LogP contribution in [0.15, 0.2) is 51.7 Å². The smallest absolute Gasteiger partial charge is 0.337 e. The molecule has 2 aromatic carbocycles. The second-order valence-electron chi connectivity index (χ2n) is 8.64. The fourth-order valence-corrected chi connectivity index (χ4v) is 4.78. The summed E-state index contributed by atoms with van der Waals surface area (Å²) in [6.45, 7) is 4.23. The zero-order valence-corrected chi connectivity index (χ0v) is 19.3. The van der Waals surface area contributed by atoms with Gasteiger partial charge in [0.1, 0.15) is 11.4 Å². The van der Waals surface area contributed by atoms with Gasteiger partial charge in [-0.3, -0.25) is 14.5 Å². The van der Waals surface area contributed by atoms with Gasteiger partial charge in [0.25, 0.3) is 5.91 Å². The number of carbonyl (C=O) groups excluding carboxylic acids is 2. The van der Waals surface area contributed by atoms with E-state index in [4.69, 9.17) is 13.9 Å². The Labute approximate surface area is 200 Å². The summed E-state index contributed by atoms with van der Waals surface area (Å²) in [5.74, 6) is -1.45. The van der Waals surface area contributed by atoms with Crippen molar-refractivity contribution in [3.05, 3.63) is 81.0 Å². The number of carbonyl (C=O) groups is 2. The number of hydrogen-bond acceptors (Lipinski definition) is 7. The molecule has 9 heteroatoms. The first-order valence-corrected chi connectivity index (χ1v) is 11.5. The predicted molar refractivity (Wildman–Crippen MR) is 125 cm³/mol. The van der Waals surface area contributed by atoms with Crippen molar-refractivity contribution in [1.82, 2.24) is 9.80 Å². The lowest BCUT2D eigenvalue weighted by molar-refractivity contribution is 0.0353. The quantitative estimate of drug-likeness (QED) is 0.501. The Balaban J connectivity index is 1.53. The van der Waals surface area contributed by atoms with Gasteiger partial charge in [-0.2, -0.15) is 0 Å². The highest BCUT2D eigenvalue weighted by molar-refractivity contribution is 5.99. The van der Waals surface area contributed by atoms with Crippen LogP contribution in [0.1, 0.15) is 44.5 Å². The van der Waals surface area contributed by atoms with Crippen LogP contribution in [0.2, 0.25) is 0 Å². The van der Waals surface area contributed by atoms with Crippen LogP contribution in [0, 0.1) is 5.82 Å². The molecule has 2 aliphatic rings. The van der Waals surface area contributed by atoms with E-state index in [2.05, 4.69) is 4.90 Å². The lowest BCUT2D eigenvalue weighted by atomic mass is 9.97. The summed E-state index contributed by atoms with van der Waals surface area (Å²) in [5.41, 5.74) is 0.919. The Kier molecular flexibility index (Phi) is 6.36. The number of amides is 1. The number of methoxy groups -OCH3 is 1. The van der Waals surface area contributed by atoms with Gasteiger partial charge in [-0.1, -0.05) is 12.1 Å². The van der Waals surface area contributed by atoms with E-state index in [9.17, 15) is 18.8 Å². The summed E-state index contributed by atoms with van der Waals surface area (Å²) >= 11 is 0. The number of morpholine rings is 1. The van der Waals surface area contributed by atoms with Crippen molar-refractivity contribution >= 4 is 22.8 Å². The average Bonchev–Trinajstić information content (AvgIpc) is 3.16. The summed E-state index contributed by atoms with van der Waals surface area (Å²) < 4.78 is 29.9. The normalized spacial score (nSPS) is 18.2. The number of esters is 1. The van der Waals surface area contributed by atoms with E-state index < -0.39 is 23.3 Å². The fraction of sp³-hybridized carbons (Fsp3) is 0.346. The van der Waals surface area contributed by atoms with Crippen molar-refractivity contribution in [2.24, 2.45) is 0 Å². The summed E-state index contributed by atoms with van der Waals surface area (Å²) in [4.78, 5) is 42.7. The second-order valence-corrected chi connectivity index (χ2v) is 8.64. The highest BCUT2D eigenvalue weighted by Gasteiger charge is 2.42. The van der Waals surface area contributed by atoms with Crippen LogP contribution in [0.5, 0.6) is 0 Å². The molecule has 0 radical (unpaired) electrons. The summed E-state index contributed by atoms with van der Waals surface area (Å²) in [5, 5.41) is 0.0860. The molecular weight excluding hydrogens is 455 g/mol. The zero-order chi connectivity index (χ0) is 24.5. The molecule has 0 N–H and O–H groups in total. The van der Waals surface area contributed by atoms with E-state index in [1.807, 2.05) is 0 Å². The summed E-state index contributed by atoms with van der Waals surface area (Å²) in [7, 11) is 1.30. The van der Waals surface area contributed by atoms with Gasteiger partial charge in [0, 0.05) is 26.2 Å². The minimum Gasteiger partial charge on any atom is -0.465 e. The van der Waals surface area contributed by atoms with Gasteiger partial charge in [-0.15, -0.1) is 0 Å². The van der Waals surface area contributed by atoms with Crippen LogP contribution in [-0.4, -0.2) is 68.2 Å². The highest BCUT2D eigenvalue weighted by Crippen LogP contribution is 2.38. The molecular formula is C26H25FN2O6. The number of hydrogen-bond donors (Lipinski definition) is 0. The van der Waals surface area contributed by atoms with Crippen molar-refractivity contribution in [2.45, 2.75) is 12.5 Å². The first kappa shape index (κ1) is 23.2. The van der Waals surface area contributed by atoms with Gasteiger partial charge in [-0.05, 0) is 42.3 Å². The molecule has 0 spiro atoms. The maximum Gasteiger partial charge on any atom is 0.337 e. The van der Waals surface area contributed by atoms with Crippen molar-refractivity contribution in [1.29, 1.82) is 0 Å². The van der Waals surface area contributed by atoms with Gasteiger partial charge >= 0.3 is 5.97 Å². The van der Waals surface area contributed by atoms with E-state index in [1.54, 1.807) is 29.2 Å². The van der Waals surface area contributed by atoms with Gasteiger partial charge in [0.05, 0.1) is 42.9 Å².